The fraction of sp³-hybridized carbons (Fsp3) is 0.500. The Morgan fingerprint density at radius 1 is 1.35 bits per heavy atom. The summed E-state index contributed by atoms with van der Waals surface area (Å²) >= 11 is 0. The third kappa shape index (κ3) is 3.15. The number of carbonyl (C=O) groups excluding carboxylic acids is 1. The molecule has 0 aliphatic carbocycles. The molecule has 2 aliphatic heterocycles. The fourth-order valence-corrected chi connectivity index (χ4v) is 3.93. The second kappa shape index (κ2) is 6.85. The molecule has 2 fully saturated rings. The summed E-state index contributed by atoms with van der Waals surface area (Å²) in [7, 11) is 0. The van der Waals surface area contributed by atoms with Crippen LogP contribution in [0.5, 0.6) is 0 Å². The Hall–Kier alpha value is -2.18. The Balaban J connectivity index is 1.33. The molecule has 1 amide bonds. The van der Waals surface area contributed by atoms with E-state index in [1.54, 1.807) is 12.4 Å². The largest absolute Gasteiger partial charge is 0.466 e. The summed E-state index contributed by atoms with van der Waals surface area (Å²) in [6.07, 6.45) is 4.52. The Labute approximate surface area is 153 Å². The van der Waals surface area contributed by atoms with E-state index in [0.29, 0.717) is 43.5 Å². The number of nitrogens with zero attached hydrogens (tertiary/aromatic N) is 2. The summed E-state index contributed by atoms with van der Waals surface area (Å²) in [6, 6.07) is 5.73. The zero-order valence-corrected chi connectivity index (χ0v) is 15.2. The van der Waals surface area contributed by atoms with E-state index in [1.165, 1.54) is 0 Å². The van der Waals surface area contributed by atoms with Gasteiger partial charge in [-0.2, -0.15) is 0 Å². The van der Waals surface area contributed by atoms with Gasteiger partial charge in [-0.25, -0.2) is 0 Å². The first-order valence-electron chi connectivity index (χ1n) is 9.04. The van der Waals surface area contributed by atoms with Gasteiger partial charge in [-0.1, -0.05) is 0 Å². The third-order valence-corrected chi connectivity index (χ3v) is 5.41. The van der Waals surface area contributed by atoms with Gasteiger partial charge in [-0.05, 0) is 44.0 Å². The molecule has 0 bridgehead atoms. The van der Waals surface area contributed by atoms with Crippen molar-refractivity contribution >= 4 is 5.91 Å². The predicted molar refractivity (Wildman–Crippen MR) is 94.8 cm³/mol. The Bertz CT molecular complexity index is 780. The molecule has 2 aromatic rings. The topological polar surface area (TPSA) is 64.8 Å². The van der Waals surface area contributed by atoms with Crippen molar-refractivity contribution in [3.63, 3.8) is 0 Å². The molecule has 0 N–H and O–H groups in total. The van der Waals surface area contributed by atoms with E-state index in [2.05, 4.69) is 4.98 Å². The lowest BCUT2D eigenvalue weighted by atomic mass is 9.81. The van der Waals surface area contributed by atoms with Crippen molar-refractivity contribution in [3.8, 4) is 0 Å². The van der Waals surface area contributed by atoms with Crippen molar-refractivity contribution in [2.45, 2.75) is 32.5 Å². The van der Waals surface area contributed by atoms with E-state index in [-0.39, 0.29) is 11.5 Å². The molecule has 6 nitrogen and oxygen atoms in total. The molecule has 4 rings (SSSR count). The van der Waals surface area contributed by atoms with Gasteiger partial charge in [0.2, 0.25) is 0 Å². The maximum atomic E-state index is 12.7. The zero-order valence-electron chi connectivity index (χ0n) is 15.2. The van der Waals surface area contributed by atoms with Gasteiger partial charge in [0.1, 0.15) is 17.1 Å². The van der Waals surface area contributed by atoms with E-state index >= 15 is 0 Å². The lowest BCUT2D eigenvalue weighted by molar-refractivity contribution is -0.129. The Kier molecular flexibility index (Phi) is 4.54. The molecule has 0 unspecified atom stereocenters. The molecule has 2 aromatic heterocycles. The molecule has 26 heavy (non-hydrogen) atoms. The van der Waals surface area contributed by atoms with Crippen molar-refractivity contribution in [2.75, 3.05) is 26.3 Å². The van der Waals surface area contributed by atoms with Crippen LogP contribution in [-0.4, -0.2) is 47.7 Å². The molecule has 138 valence electrons. The first kappa shape index (κ1) is 17.2. The van der Waals surface area contributed by atoms with Crippen molar-refractivity contribution in [1.29, 1.82) is 0 Å². The van der Waals surface area contributed by atoms with Crippen LogP contribution >= 0.6 is 0 Å². The van der Waals surface area contributed by atoms with Gasteiger partial charge < -0.3 is 18.8 Å². The van der Waals surface area contributed by atoms with Gasteiger partial charge in [-0.3, -0.25) is 9.78 Å². The Morgan fingerprint density at radius 2 is 2.12 bits per heavy atom. The number of carbonyl (C=O) groups is 1. The normalized spacial score (nSPS) is 21.2. The lowest BCUT2D eigenvalue weighted by Gasteiger charge is -2.50. The highest BCUT2D eigenvalue weighted by atomic mass is 16.5. The van der Waals surface area contributed by atoms with Crippen LogP contribution in [0.4, 0.5) is 0 Å². The van der Waals surface area contributed by atoms with Gasteiger partial charge >= 0.3 is 0 Å². The van der Waals surface area contributed by atoms with Crippen molar-refractivity contribution in [1.82, 2.24) is 9.88 Å². The number of hydrogen-bond acceptors (Lipinski definition) is 5. The van der Waals surface area contributed by atoms with Gasteiger partial charge in [-0.15, -0.1) is 0 Å². The minimum atomic E-state index is -0.249. The van der Waals surface area contributed by atoms with Gasteiger partial charge in [0.15, 0.2) is 0 Å². The van der Waals surface area contributed by atoms with Crippen LogP contribution in [0.3, 0.4) is 0 Å². The molecule has 0 radical (unpaired) electrons. The van der Waals surface area contributed by atoms with Crippen molar-refractivity contribution < 1.29 is 18.7 Å². The van der Waals surface area contributed by atoms with Crippen LogP contribution in [0.2, 0.25) is 0 Å². The van der Waals surface area contributed by atoms with E-state index in [1.807, 2.05) is 36.9 Å². The summed E-state index contributed by atoms with van der Waals surface area (Å²) in [5.74, 6) is 1.79. The number of amides is 1. The van der Waals surface area contributed by atoms with E-state index in [0.717, 1.165) is 24.4 Å². The standard InChI is InChI=1S/C20H24N2O4/c1-14-9-18(15(2)26-14)19(23)22-12-20(13-22)17(5-8-25-20)11-24-10-16-3-6-21-7-4-16/h3-4,6-7,9,17H,5,8,10-13H2,1-2H3/t17-/m0/s1. The maximum absolute atomic E-state index is 12.7. The molecule has 4 heterocycles. The third-order valence-electron chi connectivity index (χ3n) is 5.41. The zero-order chi connectivity index (χ0) is 18.1. The number of aryl methyl sites for hydroxylation is 2. The van der Waals surface area contributed by atoms with Crippen LogP contribution in [0.15, 0.2) is 35.0 Å². The number of likely N-dealkylation sites (tertiary alicyclic amines) is 1. The first-order chi connectivity index (χ1) is 12.6. The fourth-order valence-electron chi connectivity index (χ4n) is 3.93. The van der Waals surface area contributed by atoms with E-state index < -0.39 is 0 Å². The number of aromatic nitrogens is 1. The van der Waals surface area contributed by atoms with Crippen molar-refractivity contribution in [2.24, 2.45) is 5.92 Å². The lowest BCUT2D eigenvalue weighted by Crippen LogP contribution is -2.66. The number of hydrogen-bond donors (Lipinski definition) is 0. The second-order valence-corrected chi connectivity index (χ2v) is 7.26. The number of rotatable bonds is 5. The summed E-state index contributed by atoms with van der Waals surface area (Å²) < 4.78 is 17.4. The van der Waals surface area contributed by atoms with Crippen LogP contribution in [0, 0.1) is 19.8 Å². The van der Waals surface area contributed by atoms with E-state index in [9.17, 15) is 4.79 Å². The van der Waals surface area contributed by atoms with Crippen LogP contribution in [0.25, 0.3) is 0 Å². The molecule has 2 saturated heterocycles. The van der Waals surface area contributed by atoms with Crippen molar-refractivity contribution in [3.05, 3.63) is 53.2 Å². The molecule has 1 atom stereocenters. The van der Waals surface area contributed by atoms with Gasteiger partial charge in [0, 0.05) is 24.9 Å². The molecular formula is C20H24N2O4. The van der Waals surface area contributed by atoms with Crippen LogP contribution in [0.1, 0.15) is 33.9 Å². The van der Waals surface area contributed by atoms with Gasteiger partial charge in [0.05, 0.1) is 31.9 Å². The highest BCUT2D eigenvalue weighted by molar-refractivity contribution is 5.96. The SMILES string of the molecule is Cc1cc(C(=O)N2CC3(C2)OCC[C@H]3COCc2ccncc2)c(C)o1. The number of ether oxygens (including phenoxy) is 2. The average molecular weight is 356 g/mol. The summed E-state index contributed by atoms with van der Waals surface area (Å²) in [6.45, 7) is 6.89. The molecule has 6 heteroatoms. The summed E-state index contributed by atoms with van der Waals surface area (Å²) in [5.41, 5.74) is 1.52. The summed E-state index contributed by atoms with van der Waals surface area (Å²) in [4.78, 5) is 18.5. The molecule has 0 aromatic carbocycles. The summed E-state index contributed by atoms with van der Waals surface area (Å²) in [5, 5.41) is 0. The highest BCUT2D eigenvalue weighted by Gasteiger charge is 2.54. The first-order valence-corrected chi connectivity index (χ1v) is 9.04. The smallest absolute Gasteiger partial charge is 0.257 e. The highest BCUT2D eigenvalue weighted by Crippen LogP contribution is 2.41. The minimum absolute atomic E-state index is 0.0249. The number of furan rings is 1. The average Bonchev–Trinajstić information content (AvgIpc) is 3.17. The Morgan fingerprint density at radius 3 is 2.81 bits per heavy atom. The molecule has 2 aliphatic rings. The molecular weight excluding hydrogens is 332 g/mol. The minimum Gasteiger partial charge on any atom is -0.466 e. The quantitative estimate of drug-likeness (QED) is 0.824. The van der Waals surface area contributed by atoms with E-state index in [4.69, 9.17) is 13.9 Å². The monoisotopic (exact) mass is 356 g/mol. The van der Waals surface area contributed by atoms with Gasteiger partial charge in [0.25, 0.3) is 5.91 Å². The van der Waals surface area contributed by atoms with Crippen LogP contribution in [-0.2, 0) is 16.1 Å². The van der Waals surface area contributed by atoms with Crippen LogP contribution < -0.4 is 0 Å². The number of pyridine rings is 1. The second-order valence-electron chi connectivity index (χ2n) is 7.26. The molecule has 1 spiro atoms. The predicted octanol–water partition coefficient (Wildman–Crippen LogP) is 2.74. The maximum Gasteiger partial charge on any atom is 0.257 e. The molecule has 0 saturated carbocycles.